The third kappa shape index (κ3) is 5.41. The molecule has 9 heteroatoms. The van der Waals surface area contributed by atoms with Gasteiger partial charge in [0.2, 0.25) is 5.91 Å². The van der Waals surface area contributed by atoms with E-state index in [4.69, 9.17) is 9.47 Å². The van der Waals surface area contributed by atoms with E-state index in [9.17, 15) is 23.9 Å². The zero-order chi connectivity index (χ0) is 26.1. The van der Waals surface area contributed by atoms with Crippen LogP contribution in [0.4, 0.5) is 4.39 Å². The van der Waals surface area contributed by atoms with Gasteiger partial charge in [-0.25, -0.2) is 4.39 Å². The Morgan fingerprint density at radius 2 is 1.73 bits per heavy atom. The number of hydrogen-bond acceptors (Lipinski definition) is 5. The molecule has 0 spiro atoms. The highest BCUT2D eigenvalue weighted by Crippen LogP contribution is 2.49. The average Bonchev–Trinajstić information content (AvgIpc) is 3.46. The Morgan fingerprint density at radius 3 is 2.38 bits per heavy atom. The summed E-state index contributed by atoms with van der Waals surface area (Å²) in [6.07, 6.45) is 8.10. The molecule has 4 saturated carbocycles. The molecule has 0 heterocycles. The molecule has 0 aliphatic heterocycles. The lowest BCUT2D eigenvalue weighted by atomic mass is 9.82. The van der Waals surface area contributed by atoms with E-state index >= 15 is 0 Å². The Kier molecular flexibility index (Phi) is 7.58. The van der Waals surface area contributed by atoms with Gasteiger partial charge in [0.15, 0.2) is 11.6 Å². The summed E-state index contributed by atoms with van der Waals surface area (Å²) in [5.74, 6) is -1.36. The normalized spacial score (nSPS) is 30.9. The second kappa shape index (κ2) is 10.9. The molecule has 1 aromatic carbocycles. The summed E-state index contributed by atoms with van der Waals surface area (Å²) < 4.78 is 26.0. The van der Waals surface area contributed by atoms with Crippen molar-refractivity contribution in [3.8, 4) is 11.5 Å². The van der Waals surface area contributed by atoms with E-state index < -0.39 is 23.6 Å². The maximum absolute atomic E-state index is 14.8. The van der Waals surface area contributed by atoms with Gasteiger partial charge in [0.1, 0.15) is 5.75 Å². The van der Waals surface area contributed by atoms with Gasteiger partial charge in [-0.3, -0.25) is 14.4 Å². The Hall–Kier alpha value is -2.84. The average molecular weight is 517 g/mol. The number of carboxylic acids is 1. The first-order chi connectivity index (χ1) is 17.8. The van der Waals surface area contributed by atoms with Crippen molar-refractivity contribution < 1.29 is 33.4 Å². The Labute approximate surface area is 216 Å². The molecule has 0 aromatic heterocycles. The second-order valence-electron chi connectivity index (χ2n) is 11.3. The minimum atomic E-state index is -0.816. The highest BCUT2D eigenvalue weighted by Gasteiger charge is 2.51. The lowest BCUT2D eigenvalue weighted by Crippen LogP contribution is -2.50. The van der Waals surface area contributed by atoms with E-state index in [-0.39, 0.29) is 52.9 Å². The molecule has 2 amide bonds. The largest absolute Gasteiger partial charge is 0.496 e. The molecule has 2 bridgehead atoms. The monoisotopic (exact) mass is 516 g/mol. The highest BCUT2D eigenvalue weighted by molar-refractivity contribution is 5.98. The van der Waals surface area contributed by atoms with Gasteiger partial charge in [0.25, 0.3) is 5.91 Å². The first-order valence-corrected chi connectivity index (χ1v) is 13.7. The van der Waals surface area contributed by atoms with Crippen LogP contribution in [0.15, 0.2) is 12.1 Å². The topological polar surface area (TPSA) is 114 Å². The number of benzene rings is 1. The number of ether oxygens (including phenoxy) is 2. The zero-order valence-corrected chi connectivity index (χ0v) is 21.3. The number of methoxy groups -OCH3 is 1. The van der Waals surface area contributed by atoms with Gasteiger partial charge in [-0.2, -0.15) is 0 Å². The fourth-order valence-corrected chi connectivity index (χ4v) is 6.74. The maximum atomic E-state index is 14.8. The maximum Gasteiger partial charge on any atom is 0.306 e. The number of carbonyl (C=O) groups excluding carboxylic acids is 2. The van der Waals surface area contributed by atoms with Crippen LogP contribution in [0.3, 0.4) is 0 Å². The minimum absolute atomic E-state index is 0.0245. The number of hydrogen-bond donors (Lipinski definition) is 3. The standard InChI is InChI=1S/C28H37FN2O6/c1-36-22-13-21(29)23(37-19-9-7-16(8-10-19)28(34)35)12-20(22)26(32)31-25-18-6-5-17(11-18)24(25)27(33)30-14-15-3-2-4-15/h12-13,15-19,24-25H,2-11,14H2,1H3,(H,30,33)(H,31,32)(H,34,35). The number of nitrogens with one attached hydrogen (secondary N) is 2. The number of aliphatic carboxylic acids is 1. The number of amides is 2. The van der Waals surface area contributed by atoms with Crippen LogP contribution in [0.1, 0.15) is 74.6 Å². The van der Waals surface area contributed by atoms with Crippen LogP contribution >= 0.6 is 0 Å². The van der Waals surface area contributed by atoms with Crippen LogP contribution < -0.4 is 20.1 Å². The van der Waals surface area contributed by atoms with Crippen molar-refractivity contribution >= 4 is 17.8 Å². The highest BCUT2D eigenvalue weighted by atomic mass is 19.1. The molecule has 1 aromatic rings. The van der Waals surface area contributed by atoms with Crippen LogP contribution in [-0.4, -0.2) is 48.7 Å². The van der Waals surface area contributed by atoms with E-state index in [1.54, 1.807) is 0 Å². The minimum Gasteiger partial charge on any atom is -0.496 e. The first-order valence-electron chi connectivity index (χ1n) is 13.7. The predicted octanol–water partition coefficient (Wildman–Crippen LogP) is 3.92. The van der Waals surface area contributed by atoms with Crippen molar-refractivity contribution in [3.05, 3.63) is 23.5 Å². The molecular formula is C28H37FN2O6. The third-order valence-corrected chi connectivity index (χ3v) is 9.12. The van der Waals surface area contributed by atoms with Gasteiger partial charge in [-0.1, -0.05) is 6.42 Å². The van der Waals surface area contributed by atoms with Crippen molar-refractivity contribution in [2.24, 2.45) is 29.6 Å². The van der Waals surface area contributed by atoms with E-state index in [0.29, 0.717) is 38.1 Å². The van der Waals surface area contributed by atoms with Gasteiger partial charge >= 0.3 is 5.97 Å². The first kappa shape index (κ1) is 25.8. The van der Waals surface area contributed by atoms with Crippen LogP contribution in [0, 0.1) is 35.4 Å². The SMILES string of the molecule is COc1cc(F)c(OC2CCC(C(=O)O)CC2)cc1C(=O)NC1C2CCC(C2)C1C(=O)NCC1CCC1. The van der Waals surface area contributed by atoms with E-state index in [2.05, 4.69) is 10.6 Å². The molecule has 202 valence electrons. The molecule has 4 unspecified atom stereocenters. The van der Waals surface area contributed by atoms with E-state index in [1.807, 2.05) is 0 Å². The fourth-order valence-electron chi connectivity index (χ4n) is 6.74. The fraction of sp³-hybridized carbons (Fsp3) is 0.679. The van der Waals surface area contributed by atoms with Crippen LogP contribution in [0.2, 0.25) is 0 Å². The van der Waals surface area contributed by atoms with Crippen molar-refractivity contribution in [3.63, 3.8) is 0 Å². The van der Waals surface area contributed by atoms with Crippen LogP contribution in [-0.2, 0) is 9.59 Å². The van der Waals surface area contributed by atoms with Crippen LogP contribution in [0.5, 0.6) is 11.5 Å². The second-order valence-corrected chi connectivity index (χ2v) is 11.3. The summed E-state index contributed by atoms with van der Waals surface area (Å²) in [6, 6.07) is 2.25. The molecule has 4 atom stereocenters. The Bertz CT molecular complexity index is 1040. The molecule has 3 N–H and O–H groups in total. The van der Waals surface area contributed by atoms with Crippen molar-refractivity contribution in [1.82, 2.24) is 10.6 Å². The van der Waals surface area contributed by atoms with E-state index in [1.165, 1.54) is 19.6 Å². The molecule has 37 heavy (non-hydrogen) atoms. The summed E-state index contributed by atoms with van der Waals surface area (Å²) in [6.45, 7) is 0.703. The van der Waals surface area contributed by atoms with Gasteiger partial charge < -0.3 is 25.2 Å². The summed E-state index contributed by atoms with van der Waals surface area (Å²) in [5.41, 5.74) is 0.162. The molecule has 5 rings (SSSR count). The molecule has 4 aliphatic carbocycles. The number of carboxylic acid groups (broad SMARTS) is 1. The molecular weight excluding hydrogens is 479 g/mol. The van der Waals surface area contributed by atoms with Gasteiger partial charge in [0.05, 0.1) is 30.6 Å². The number of carbonyl (C=O) groups is 3. The number of fused-ring (bicyclic) bond motifs is 2. The Morgan fingerprint density at radius 1 is 1.00 bits per heavy atom. The third-order valence-electron chi connectivity index (χ3n) is 9.12. The quantitative estimate of drug-likeness (QED) is 0.459. The summed E-state index contributed by atoms with van der Waals surface area (Å²) >= 11 is 0. The summed E-state index contributed by atoms with van der Waals surface area (Å²) in [7, 11) is 1.38. The Balaban J connectivity index is 1.28. The number of halogens is 1. The molecule has 8 nitrogen and oxygen atoms in total. The molecule has 0 saturated heterocycles. The van der Waals surface area contributed by atoms with Crippen LogP contribution in [0.25, 0.3) is 0 Å². The number of rotatable bonds is 9. The lowest BCUT2D eigenvalue weighted by Gasteiger charge is -2.32. The van der Waals surface area contributed by atoms with Gasteiger partial charge in [-0.05, 0) is 81.6 Å². The van der Waals surface area contributed by atoms with Crippen molar-refractivity contribution in [2.45, 2.75) is 76.4 Å². The smallest absolute Gasteiger partial charge is 0.306 e. The summed E-state index contributed by atoms with van der Waals surface area (Å²) in [5, 5.41) is 15.4. The van der Waals surface area contributed by atoms with Gasteiger partial charge in [-0.15, -0.1) is 0 Å². The molecule has 0 radical (unpaired) electrons. The molecule has 4 aliphatic rings. The predicted molar refractivity (Wildman–Crippen MR) is 133 cm³/mol. The zero-order valence-electron chi connectivity index (χ0n) is 21.3. The lowest BCUT2D eigenvalue weighted by molar-refractivity contribution is -0.143. The van der Waals surface area contributed by atoms with Crippen molar-refractivity contribution in [1.29, 1.82) is 0 Å². The molecule has 4 fully saturated rings. The van der Waals surface area contributed by atoms with Crippen molar-refractivity contribution in [2.75, 3.05) is 13.7 Å². The summed E-state index contributed by atoms with van der Waals surface area (Å²) in [4.78, 5) is 37.8. The van der Waals surface area contributed by atoms with E-state index in [0.717, 1.165) is 38.2 Å². The van der Waals surface area contributed by atoms with Gasteiger partial charge in [0, 0.05) is 18.7 Å².